The summed E-state index contributed by atoms with van der Waals surface area (Å²) in [5.41, 5.74) is 2.54. The molecule has 0 aliphatic carbocycles. The number of fused-ring (bicyclic) bond motifs is 1. The summed E-state index contributed by atoms with van der Waals surface area (Å²) in [6.07, 6.45) is 5.00. The molecule has 1 atom stereocenters. The molecule has 2 aromatic rings. The number of anilines is 1. The number of likely N-dealkylation sites (tertiary alicyclic amines) is 1. The number of carbonyl (C=O) groups excluding carboxylic acids is 2. The summed E-state index contributed by atoms with van der Waals surface area (Å²) < 4.78 is 28.8. The fraction of sp³-hybridized carbons (Fsp3) is 0.440. The van der Waals surface area contributed by atoms with Crippen LogP contribution >= 0.6 is 0 Å². The Morgan fingerprint density at radius 1 is 0.939 bits per heavy atom. The maximum Gasteiger partial charge on any atom is 0.243 e. The number of nitrogens with zero attached hydrogens (tertiary/aromatic N) is 2. The van der Waals surface area contributed by atoms with E-state index in [2.05, 4.69) is 5.32 Å². The SMILES string of the molecule is CC(=O)Nc1ccc(S(=O)(=O)N2CCc3ccccc3[C@@H]2CC(=O)N2CCCCCC2)cc1. The van der Waals surface area contributed by atoms with E-state index in [4.69, 9.17) is 0 Å². The minimum atomic E-state index is -3.83. The minimum absolute atomic E-state index is 0.0137. The number of amides is 2. The largest absolute Gasteiger partial charge is 0.343 e. The van der Waals surface area contributed by atoms with Crippen molar-refractivity contribution in [2.75, 3.05) is 25.0 Å². The van der Waals surface area contributed by atoms with Crippen molar-refractivity contribution in [3.05, 3.63) is 59.7 Å². The molecule has 2 heterocycles. The maximum absolute atomic E-state index is 13.7. The lowest BCUT2D eigenvalue weighted by atomic mass is 9.92. The molecule has 8 heteroatoms. The van der Waals surface area contributed by atoms with Gasteiger partial charge in [-0.15, -0.1) is 0 Å². The first kappa shape index (κ1) is 23.4. The maximum atomic E-state index is 13.7. The quantitative estimate of drug-likeness (QED) is 0.723. The van der Waals surface area contributed by atoms with Crippen LogP contribution in [0.4, 0.5) is 5.69 Å². The van der Waals surface area contributed by atoms with Crippen LogP contribution in [0.5, 0.6) is 0 Å². The fourth-order valence-corrected chi connectivity index (χ4v) is 6.40. The van der Waals surface area contributed by atoms with Gasteiger partial charge in [-0.05, 0) is 54.7 Å². The second-order valence-electron chi connectivity index (χ2n) is 8.79. The molecule has 176 valence electrons. The van der Waals surface area contributed by atoms with E-state index in [1.54, 1.807) is 12.1 Å². The molecule has 0 saturated carbocycles. The van der Waals surface area contributed by atoms with E-state index in [1.807, 2.05) is 29.2 Å². The van der Waals surface area contributed by atoms with Gasteiger partial charge in [0.25, 0.3) is 0 Å². The molecule has 1 N–H and O–H groups in total. The van der Waals surface area contributed by atoms with Crippen LogP contribution in [0, 0.1) is 0 Å². The van der Waals surface area contributed by atoms with Gasteiger partial charge in [0.05, 0.1) is 10.9 Å². The lowest BCUT2D eigenvalue weighted by Gasteiger charge is -2.37. The molecule has 2 aliphatic rings. The van der Waals surface area contributed by atoms with E-state index in [1.165, 1.54) is 23.4 Å². The standard InChI is InChI=1S/C25H31N3O4S/c1-19(29)26-21-10-12-22(13-11-21)33(31,32)28-17-14-20-8-4-5-9-23(20)24(28)18-25(30)27-15-6-2-3-7-16-27/h4-5,8-13,24H,2-3,6-7,14-18H2,1H3,(H,26,29)/t24-/m0/s1. The molecular weight excluding hydrogens is 438 g/mol. The molecular formula is C25H31N3O4S. The Labute approximate surface area is 195 Å². The topological polar surface area (TPSA) is 86.8 Å². The average molecular weight is 470 g/mol. The van der Waals surface area contributed by atoms with Gasteiger partial charge in [0.1, 0.15) is 0 Å². The zero-order valence-electron chi connectivity index (χ0n) is 19.0. The van der Waals surface area contributed by atoms with Crippen LogP contribution in [0.3, 0.4) is 0 Å². The first-order valence-electron chi connectivity index (χ1n) is 11.6. The van der Waals surface area contributed by atoms with Gasteiger partial charge in [-0.25, -0.2) is 8.42 Å². The van der Waals surface area contributed by atoms with Crippen molar-refractivity contribution in [2.24, 2.45) is 0 Å². The van der Waals surface area contributed by atoms with Gasteiger partial charge < -0.3 is 10.2 Å². The minimum Gasteiger partial charge on any atom is -0.343 e. The molecule has 0 spiro atoms. The Bertz CT molecular complexity index is 1110. The monoisotopic (exact) mass is 469 g/mol. The highest BCUT2D eigenvalue weighted by Crippen LogP contribution is 2.37. The van der Waals surface area contributed by atoms with Crippen LogP contribution < -0.4 is 5.32 Å². The normalized spacial score (nSPS) is 19.4. The summed E-state index contributed by atoms with van der Waals surface area (Å²) in [7, 11) is -3.83. The summed E-state index contributed by atoms with van der Waals surface area (Å²) in [4.78, 5) is 26.6. The number of nitrogens with one attached hydrogen (secondary N) is 1. The van der Waals surface area contributed by atoms with Gasteiger partial charge in [-0.1, -0.05) is 37.1 Å². The van der Waals surface area contributed by atoms with Gasteiger partial charge in [-0.2, -0.15) is 4.31 Å². The highest BCUT2D eigenvalue weighted by molar-refractivity contribution is 7.89. The predicted octanol–water partition coefficient (Wildman–Crippen LogP) is 3.73. The van der Waals surface area contributed by atoms with Crippen molar-refractivity contribution < 1.29 is 18.0 Å². The van der Waals surface area contributed by atoms with Gasteiger partial charge in [-0.3, -0.25) is 9.59 Å². The van der Waals surface area contributed by atoms with Crippen molar-refractivity contribution in [2.45, 2.75) is 56.4 Å². The predicted molar refractivity (Wildman–Crippen MR) is 127 cm³/mol. The van der Waals surface area contributed by atoms with Gasteiger partial charge in [0.2, 0.25) is 21.8 Å². The lowest BCUT2D eigenvalue weighted by Crippen LogP contribution is -2.43. The van der Waals surface area contributed by atoms with Crippen molar-refractivity contribution in [3.8, 4) is 0 Å². The first-order chi connectivity index (χ1) is 15.9. The molecule has 2 aliphatic heterocycles. The number of sulfonamides is 1. The Balaban J connectivity index is 1.63. The fourth-order valence-electron chi connectivity index (χ4n) is 4.79. The number of hydrogen-bond donors (Lipinski definition) is 1. The summed E-state index contributed by atoms with van der Waals surface area (Å²) in [6.45, 7) is 3.21. The summed E-state index contributed by atoms with van der Waals surface area (Å²) in [5.74, 6) is -0.204. The average Bonchev–Trinajstić information content (AvgIpc) is 3.09. The van der Waals surface area contributed by atoms with Crippen LogP contribution in [-0.2, 0) is 26.0 Å². The van der Waals surface area contributed by atoms with E-state index in [9.17, 15) is 18.0 Å². The van der Waals surface area contributed by atoms with Crippen LogP contribution in [0.2, 0.25) is 0 Å². The molecule has 0 unspecified atom stereocenters. The number of hydrogen-bond acceptors (Lipinski definition) is 4. The first-order valence-corrected chi connectivity index (χ1v) is 13.1. The molecule has 0 bridgehead atoms. The van der Waals surface area contributed by atoms with Gasteiger partial charge >= 0.3 is 0 Å². The van der Waals surface area contributed by atoms with Crippen LogP contribution in [0.15, 0.2) is 53.4 Å². The van der Waals surface area contributed by atoms with Crippen molar-refractivity contribution in [1.29, 1.82) is 0 Å². The van der Waals surface area contributed by atoms with Crippen molar-refractivity contribution in [1.82, 2.24) is 9.21 Å². The number of rotatable bonds is 5. The molecule has 33 heavy (non-hydrogen) atoms. The van der Waals surface area contributed by atoms with Gasteiger partial charge in [0, 0.05) is 38.7 Å². The molecule has 4 rings (SSSR count). The molecule has 0 aromatic heterocycles. The highest BCUT2D eigenvalue weighted by atomic mass is 32.2. The van der Waals surface area contributed by atoms with E-state index >= 15 is 0 Å². The second kappa shape index (κ2) is 10.1. The zero-order chi connectivity index (χ0) is 23.4. The Morgan fingerprint density at radius 2 is 1.61 bits per heavy atom. The summed E-state index contributed by atoms with van der Waals surface area (Å²) in [6, 6.07) is 13.5. The Morgan fingerprint density at radius 3 is 2.27 bits per heavy atom. The lowest BCUT2D eigenvalue weighted by molar-refractivity contribution is -0.132. The van der Waals surface area contributed by atoms with E-state index in [0.29, 0.717) is 18.7 Å². The van der Waals surface area contributed by atoms with Crippen LogP contribution in [0.25, 0.3) is 0 Å². The molecule has 1 saturated heterocycles. The Hall–Kier alpha value is -2.71. The third-order valence-corrected chi connectivity index (χ3v) is 8.39. The van der Waals surface area contributed by atoms with Gasteiger partial charge in [0.15, 0.2) is 0 Å². The summed E-state index contributed by atoms with van der Waals surface area (Å²) in [5, 5.41) is 2.65. The number of benzene rings is 2. The Kier molecular flexibility index (Phi) is 7.14. The second-order valence-corrected chi connectivity index (χ2v) is 10.7. The van der Waals surface area contributed by atoms with Crippen LogP contribution in [0.1, 0.15) is 56.2 Å². The summed E-state index contributed by atoms with van der Waals surface area (Å²) >= 11 is 0. The molecule has 0 radical (unpaired) electrons. The zero-order valence-corrected chi connectivity index (χ0v) is 19.8. The smallest absolute Gasteiger partial charge is 0.243 e. The van der Waals surface area contributed by atoms with E-state index < -0.39 is 16.1 Å². The number of carbonyl (C=O) groups is 2. The van der Waals surface area contributed by atoms with Crippen molar-refractivity contribution >= 4 is 27.5 Å². The molecule has 2 aromatic carbocycles. The third kappa shape index (κ3) is 5.28. The molecule has 2 amide bonds. The van der Waals surface area contributed by atoms with Crippen LogP contribution in [-0.4, -0.2) is 49.1 Å². The molecule has 1 fully saturated rings. The third-order valence-electron chi connectivity index (χ3n) is 6.47. The van der Waals surface area contributed by atoms with E-state index in [0.717, 1.165) is 49.9 Å². The highest BCUT2D eigenvalue weighted by Gasteiger charge is 2.38. The van der Waals surface area contributed by atoms with E-state index in [-0.39, 0.29) is 23.1 Å². The molecule has 7 nitrogen and oxygen atoms in total. The van der Waals surface area contributed by atoms with Crippen molar-refractivity contribution in [3.63, 3.8) is 0 Å².